The normalized spacial score (nSPS) is 12.7. The first kappa shape index (κ1) is 12.3. The lowest BCUT2D eigenvalue weighted by atomic mass is 10.1. The number of Topliss-reactive ketones (excluding diaryl/α,β-unsaturated/α-hetero) is 1. The molecule has 0 saturated heterocycles. The fraction of sp³-hybridized carbons (Fsp3) is 0.556. The van der Waals surface area contributed by atoms with Crippen molar-refractivity contribution in [2.45, 2.75) is 25.0 Å². The van der Waals surface area contributed by atoms with Crippen molar-refractivity contribution in [3.8, 4) is 0 Å². The topological polar surface area (TPSA) is 64.1 Å². The Kier molecular flexibility index (Phi) is 3.30. The maximum absolute atomic E-state index is 11.8. The summed E-state index contributed by atoms with van der Waals surface area (Å²) < 4.78 is 21.5. The lowest BCUT2D eigenvalue weighted by Crippen LogP contribution is -2.40. The minimum absolute atomic E-state index is 0.130. The quantitative estimate of drug-likeness (QED) is 0.798. The SMILES string of the molecule is CC(C)(C(=O)Cc1cncs1)S(C)(=O)=O. The van der Waals surface area contributed by atoms with Gasteiger partial charge in [-0.15, -0.1) is 11.3 Å². The lowest BCUT2D eigenvalue weighted by molar-refractivity contribution is -0.120. The highest BCUT2D eigenvalue weighted by Crippen LogP contribution is 2.20. The van der Waals surface area contributed by atoms with Crippen molar-refractivity contribution in [3.05, 3.63) is 16.6 Å². The van der Waals surface area contributed by atoms with Crippen LogP contribution >= 0.6 is 11.3 Å². The van der Waals surface area contributed by atoms with Gasteiger partial charge in [-0.05, 0) is 13.8 Å². The van der Waals surface area contributed by atoms with Crippen LogP contribution in [0.25, 0.3) is 0 Å². The average molecular weight is 247 g/mol. The predicted octanol–water partition coefficient (Wildman–Crippen LogP) is 1.08. The second kappa shape index (κ2) is 4.02. The van der Waals surface area contributed by atoms with Gasteiger partial charge in [0.25, 0.3) is 0 Å². The highest BCUT2D eigenvalue weighted by molar-refractivity contribution is 7.92. The molecule has 84 valence electrons. The third-order valence-corrected chi connectivity index (χ3v) is 5.28. The molecule has 1 aromatic rings. The van der Waals surface area contributed by atoms with Gasteiger partial charge in [0.05, 0.1) is 5.51 Å². The molecule has 1 aromatic heterocycles. The number of thiazole rings is 1. The van der Waals surface area contributed by atoms with E-state index in [4.69, 9.17) is 0 Å². The highest BCUT2D eigenvalue weighted by Gasteiger charge is 2.37. The van der Waals surface area contributed by atoms with Crippen LogP contribution in [0.3, 0.4) is 0 Å². The second-order valence-corrected chi connectivity index (χ2v) is 7.39. The number of ketones is 1. The monoisotopic (exact) mass is 247 g/mol. The van der Waals surface area contributed by atoms with Gasteiger partial charge in [0.15, 0.2) is 15.6 Å². The predicted molar refractivity (Wildman–Crippen MR) is 59.7 cm³/mol. The second-order valence-electron chi connectivity index (χ2n) is 3.85. The van der Waals surface area contributed by atoms with Crippen LogP contribution in [-0.4, -0.2) is 30.2 Å². The molecular formula is C9H13NO3S2. The first-order valence-electron chi connectivity index (χ1n) is 4.35. The van der Waals surface area contributed by atoms with Gasteiger partial charge in [-0.25, -0.2) is 8.42 Å². The molecule has 0 radical (unpaired) electrons. The molecule has 0 aliphatic carbocycles. The number of hydrogen-bond acceptors (Lipinski definition) is 5. The minimum atomic E-state index is -3.37. The molecule has 0 amide bonds. The van der Waals surface area contributed by atoms with E-state index in [1.165, 1.54) is 25.2 Å². The molecule has 0 aliphatic rings. The van der Waals surface area contributed by atoms with Crippen LogP contribution in [0.2, 0.25) is 0 Å². The number of sulfone groups is 1. The Bertz CT molecular complexity index is 446. The van der Waals surface area contributed by atoms with E-state index >= 15 is 0 Å². The zero-order valence-electron chi connectivity index (χ0n) is 8.85. The Morgan fingerprint density at radius 3 is 2.53 bits per heavy atom. The van der Waals surface area contributed by atoms with E-state index in [1.807, 2.05) is 0 Å². The third kappa shape index (κ3) is 2.63. The molecule has 0 saturated carbocycles. The summed E-state index contributed by atoms with van der Waals surface area (Å²) in [5.74, 6) is -0.297. The first-order chi connectivity index (χ1) is 6.75. The summed E-state index contributed by atoms with van der Waals surface area (Å²) in [5, 5.41) is 0. The number of hydrogen-bond donors (Lipinski definition) is 0. The van der Waals surface area contributed by atoms with Crippen molar-refractivity contribution in [2.75, 3.05) is 6.26 Å². The van der Waals surface area contributed by atoms with E-state index in [0.717, 1.165) is 11.1 Å². The van der Waals surface area contributed by atoms with Crippen molar-refractivity contribution in [1.82, 2.24) is 4.98 Å². The molecule has 0 N–H and O–H groups in total. The summed E-state index contributed by atoms with van der Waals surface area (Å²) in [5.41, 5.74) is 1.62. The molecule has 0 atom stereocenters. The van der Waals surface area contributed by atoms with Gasteiger partial charge in [-0.3, -0.25) is 9.78 Å². The molecule has 0 spiro atoms. The number of aromatic nitrogens is 1. The molecule has 15 heavy (non-hydrogen) atoms. The Hall–Kier alpha value is -0.750. The van der Waals surface area contributed by atoms with Crippen LogP contribution in [0.15, 0.2) is 11.7 Å². The first-order valence-corrected chi connectivity index (χ1v) is 7.12. The van der Waals surface area contributed by atoms with Gasteiger partial charge in [0.2, 0.25) is 0 Å². The highest BCUT2D eigenvalue weighted by atomic mass is 32.2. The van der Waals surface area contributed by atoms with E-state index in [0.29, 0.717) is 0 Å². The van der Waals surface area contributed by atoms with Gasteiger partial charge in [0, 0.05) is 23.8 Å². The van der Waals surface area contributed by atoms with Gasteiger partial charge >= 0.3 is 0 Å². The van der Waals surface area contributed by atoms with Crippen LogP contribution in [-0.2, 0) is 21.1 Å². The summed E-state index contributed by atoms with van der Waals surface area (Å²) in [6.45, 7) is 2.87. The van der Waals surface area contributed by atoms with E-state index in [-0.39, 0.29) is 12.2 Å². The molecule has 6 heteroatoms. The van der Waals surface area contributed by atoms with Gasteiger partial charge in [0.1, 0.15) is 4.75 Å². The molecule has 0 bridgehead atoms. The average Bonchev–Trinajstić information content (AvgIpc) is 2.54. The maximum Gasteiger partial charge on any atom is 0.159 e. The third-order valence-electron chi connectivity index (χ3n) is 2.42. The number of carbonyl (C=O) groups excluding carboxylic acids is 1. The fourth-order valence-corrected chi connectivity index (χ4v) is 1.99. The summed E-state index contributed by atoms with van der Waals surface area (Å²) in [6, 6.07) is 0. The molecule has 0 unspecified atom stereocenters. The Morgan fingerprint density at radius 1 is 1.53 bits per heavy atom. The summed E-state index contributed by atoms with van der Waals surface area (Å²) >= 11 is 1.35. The molecular weight excluding hydrogens is 234 g/mol. The Morgan fingerprint density at radius 2 is 2.13 bits per heavy atom. The van der Waals surface area contributed by atoms with Gasteiger partial charge in [-0.1, -0.05) is 0 Å². The standard InChI is InChI=1S/C9H13NO3S2/c1-9(2,15(3,12)13)8(11)4-7-5-10-6-14-7/h5-6H,4H2,1-3H3. The summed E-state index contributed by atoms with van der Waals surface area (Å²) in [7, 11) is -3.37. The molecule has 0 aliphatic heterocycles. The summed E-state index contributed by atoms with van der Waals surface area (Å²) in [4.78, 5) is 16.4. The largest absolute Gasteiger partial charge is 0.298 e. The smallest absolute Gasteiger partial charge is 0.159 e. The van der Waals surface area contributed by atoms with Crippen LogP contribution in [0, 0.1) is 0 Å². The number of rotatable bonds is 4. The lowest BCUT2D eigenvalue weighted by Gasteiger charge is -2.20. The summed E-state index contributed by atoms with van der Waals surface area (Å²) in [6.07, 6.45) is 2.79. The van der Waals surface area contributed by atoms with Crippen molar-refractivity contribution >= 4 is 27.0 Å². The van der Waals surface area contributed by atoms with Crippen molar-refractivity contribution < 1.29 is 13.2 Å². The zero-order chi connectivity index (χ0) is 11.7. The van der Waals surface area contributed by atoms with Crippen LogP contribution < -0.4 is 0 Å². The molecule has 1 rings (SSSR count). The maximum atomic E-state index is 11.8. The van der Waals surface area contributed by atoms with Crippen molar-refractivity contribution in [3.63, 3.8) is 0 Å². The van der Waals surface area contributed by atoms with Crippen LogP contribution in [0.1, 0.15) is 18.7 Å². The van der Waals surface area contributed by atoms with Crippen LogP contribution in [0.5, 0.6) is 0 Å². The van der Waals surface area contributed by atoms with E-state index in [9.17, 15) is 13.2 Å². The Labute approximate surface area is 93.3 Å². The van der Waals surface area contributed by atoms with E-state index in [2.05, 4.69) is 4.98 Å². The van der Waals surface area contributed by atoms with Gasteiger partial charge < -0.3 is 0 Å². The molecule has 4 nitrogen and oxygen atoms in total. The van der Waals surface area contributed by atoms with E-state index < -0.39 is 14.6 Å². The molecule has 1 heterocycles. The van der Waals surface area contributed by atoms with Gasteiger partial charge in [-0.2, -0.15) is 0 Å². The zero-order valence-corrected chi connectivity index (χ0v) is 10.5. The number of carbonyl (C=O) groups is 1. The van der Waals surface area contributed by atoms with Crippen molar-refractivity contribution in [2.24, 2.45) is 0 Å². The molecule has 0 fully saturated rings. The number of nitrogens with zero attached hydrogens (tertiary/aromatic N) is 1. The van der Waals surface area contributed by atoms with Crippen LogP contribution in [0.4, 0.5) is 0 Å². The van der Waals surface area contributed by atoms with E-state index in [1.54, 1.807) is 11.7 Å². The Balaban J connectivity index is 2.87. The van der Waals surface area contributed by atoms with Crippen molar-refractivity contribution in [1.29, 1.82) is 0 Å². The molecule has 0 aromatic carbocycles. The minimum Gasteiger partial charge on any atom is -0.298 e. The fourth-order valence-electron chi connectivity index (χ4n) is 0.907.